The van der Waals surface area contributed by atoms with Gasteiger partial charge in [0.15, 0.2) is 0 Å². The first-order valence-electron chi connectivity index (χ1n) is 6.60. The lowest BCUT2D eigenvalue weighted by Gasteiger charge is -2.15. The predicted octanol–water partition coefficient (Wildman–Crippen LogP) is 3.87. The Morgan fingerprint density at radius 1 is 1.33 bits per heavy atom. The molecular weight excluding hydrogens is 273 g/mol. The van der Waals surface area contributed by atoms with E-state index in [0.29, 0.717) is 5.69 Å². The van der Waals surface area contributed by atoms with E-state index in [1.807, 2.05) is 27.7 Å². The molecule has 0 fully saturated rings. The predicted molar refractivity (Wildman–Crippen MR) is 76.7 cm³/mol. The van der Waals surface area contributed by atoms with Gasteiger partial charge in [0.2, 0.25) is 11.7 Å². The number of carbonyl (C=O) groups is 1. The Hall–Kier alpha value is -2.17. The van der Waals surface area contributed by atoms with Crippen molar-refractivity contribution in [1.29, 1.82) is 0 Å². The maximum atomic E-state index is 14.0. The third-order valence-corrected chi connectivity index (χ3v) is 3.06. The highest BCUT2D eigenvalue weighted by Crippen LogP contribution is 2.31. The lowest BCUT2D eigenvalue weighted by molar-refractivity contribution is 0.0562. The van der Waals surface area contributed by atoms with Crippen LogP contribution in [0.2, 0.25) is 0 Å². The number of carbonyl (C=O) groups excluding carboxylic acids is 1. The molecule has 0 amide bonds. The lowest BCUT2D eigenvalue weighted by atomic mass is 9.91. The fraction of sp³-hybridized carbons (Fsp3) is 0.375. The summed E-state index contributed by atoms with van der Waals surface area (Å²) in [5.41, 5.74) is 1.13. The average molecular weight is 291 g/mol. The molecule has 0 atom stereocenters. The zero-order chi connectivity index (χ0) is 15.8. The van der Waals surface area contributed by atoms with Crippen molar-refractivity contribution in [3.05, 3.63) is 41.0 Å². The maximum absolute atomic E-state index is 14.0. The van der Waals surface area contributed by atoms with Gasteiger partial charge in [-0.25, -0.2) is 14.2 Å². The molecule has 0 aliphatic carbocycles. The molecule has 0 saturated carbocycles. The standard InChI is InChI=1S/C16H18FNO3/c1-9-6-7-11(17)10(8-9)14-18-13(16(2,3)4)12(21-14)15(19)20-5/h6-8H,1-5H3. The number of hydrogen-bond donors (Lipinski definition) is 0. The number of aryl methyl sites for hydroxylation is 1. The van der Waals surface area contributed by atoms with E-state index in [-0.39, 0.29) is 17.2 Å². The molecule has 1 heterocycles. The van der Waals surface area contributed by atoms with Crippen molar-refractivity contribution in [2.45, 2.75) is 33.1 Å². The van der Waals surface area contributed by atoms with Gasteiger partial charge >= 0.3 is 5.97 Å². The number of halogens is 1. The highest BCUT2D eigenvalue weighted by molar-refractivity contribution is 5.88. The van der Waals surface area contributed by atoms with Crippen molar-refractivity contribution in [3.63, 3.8) is 0 Å². The minimum absolute atomic E-state index is 0.0147. The van der Waals surface area contributed by atoms with Crippen LogP contribution in [0.3, 0.4) is 0 Å². The summed E-state index contributed by atoms with van der Waals surface area (Å²) >= 11 is 0. The van der Waals surface area contributed by atoms with Crippen LogP contribution in [-0.4, -0.2) is 18.1 Å². The highest BCUT2D eigenvalue weighted by atomic mass is 19.1. The van der Waals surface area contributed by atoms with E-state index in [1.165, 1.54) is 13.2 Å². The monoisotopic (exact) mass is 291 g/mol. The number of methoxy groups -OCH3 is 1. The average Bonchev–Trinajstić information content (AvgIpc) is 2.85. The number of hydrogen-bond acceptors (Lipinski definition) is 4. The quantitative estimate of drug-likeness (QED) is 0.788. The number of nitrogens with zero attached hydrogens (tertiary/aromatic N) is 1. The molecule has 0 spiro atoms. The van der Waals surface area contributed by atoms with Gasteiger partial charge in [-0.2, -0.15) is 0 Å². The Labute approximate surface area is 122 Å². The normalized spacial score (nSPS) is 11.5. The first-order valence-corrected chi connectivity index (χ1v) is 6.60. The van der Waals surface area contributed by atoms with E-state index >= 15 is 0 Å². The third kappa shape index (κ3) is 2.96. The van der Waals surface area contributed by atoms with Gasteiger partial charge in [-0.15, -0.1) is 0 Å². The minimum atomic E-state index is -0.619. The van der Waals surface area contributed by atoms with Gasteiger partial charge in [-0.3, -0.25) is 0 Å². The molecule has 0 aliphatic heterocycles. The molecule has 0 saturated heterocycles. The summed E-state index contributed by atoms with van der Waals surface area (Å²) in [4.78, 5) is 16.1. The van der Waals surface area contributed by atoms with E-state index in [4.69, 9.17) is 9.15 Å². The van der Waals surface area contributed by atoms with E-state index < -0.39 is 17.2 Å². The zero-order valence-electron chi connectivity index (χ0n) is 12.8. The van der Waals surface area contributed by atoms with Crippen molar-refractivity contribution in [3.8, 4) is 11.5 Å². The zero-order valence-corrected chi connectivity index (χ0v) is 12.8. The van der Waals surface area contributed by atoms with Crippen LogP contribution in [0.25, 0.3) is 11.5 Å². The molecule has 0 radical (unpaired) electrons. The van der Waals surface area contributed by atoms with E-state index in [0.717, 1.165) is 5.56 Å². The van der Waals surface area contributed by atoms with Crippen molar-refractivity contribution in [2.24, 2.45) is 0 Å². The molecule has 0 aliphatic rings. The summed E-state index contributed by atoms with van der Waals surface area (Å²) in [6.45, 7) is 7.53. The van der Waals surface area contributed by atoms with Gasteiger partial charge in [0.25, 0.3) is 0 Å². The molecule has 1 aromatic carbocycles. The Balaban J connectivity index is 2.64. The van der Waals surface area contributed by atoms with Crippen LogP contribution < -0.4 is 0 Å². The molecule has 2 aromatic rings. The second-order valence-corrected chi connectivity index (χ2v) is 5.92. The molecule has 0 bridgehead atoms. The number of ether oxygens (including phenoxy) is 1. The summed E-state index contributed by atoms with van der Waals surface area (Å²) in [6, 6.07) is 4.64. The minimum Gasteiger partial charge on any atom is -0.463 e. The van der Waals surface area contributed by atoms with Gasteiger partial charge in [0.05, 0.1) is 12.7 Å². The SMILES string of the molecule is COC(=O)c1oc(-c2cc(C)ccc2F)nc1C(C)(C)C. The second-order valence-electron chi connectivity index (χ2n) is 5.92. The lowest BCUT2D eigenvalue weighted by Crippen LogP contribution is -2.17. The largest absolute Gasteiger partial charge is 0.463 e. The van der Waals surface area contributed by atoms with Crippen molar-refractivity contribution >= 4 is 5.97 Å². The van der Waals surface area contributed by atoms with Crippen LogP contribution in [-0.2, 0) is 10.2 Å². The van der Waals surface area contributed by atoms with Gasteiger partial charge < -0.3 is 9.15 Å². The summed E-state index contributed by atoms with van der Waals surface area (Å²) in [7, 11) is 1.27. The number of aromatic nitrogens is 1. The second kappa shape index (κ2) is 5.31. The highest BCUT2D eigenvalue weighted by Gasteiger charge is 2.30. The molecule has 0 unspecified atom stereocenters. The Kier molecular flexibility index (Phi) is 3.85. The molecule has 4 nitrogen and oxygen atoms in total. The first-order chi connectivity index (χ1) is 9.74. The van der Waals surface area contributed by atoms with Crippen LogP contribution in [0.1, 0.15) is 42.6 Å². The number of esters is 1. The smallest absolute Gasteiger partial charge is 0.376 e. The van der Waals surface area contributed by atoms with Crippen molar-refractivity contribution in [1.82, 2.24) is 4.98 Å². The summed E-state index contributed by atoms with van der Waals surface area (Å²) in [5.74, 6) is -0.965. The molecule has 21 heavy (non-hydrogen) atoms. The molecule has 5 heteroatoms. The fourth-order valence-corrected chi connectivity index (χ4v) is 1.98. The number of oxazole rings is 1. The van der Waals surface area contributed by atoms with E-state index in [1.54, 1.807) is 12.1 Å². The molecular formula is C16H18FNO3. The number of benzene rings is 1. The van der Waals surface area contributed by atoms with Crippen LogP contribution >= 0.6 is 0 Å². The van der Waals surface area contributed by atoms with Crippen LogP contribution in [0, 0.1) is 12.7 Å². The van der Waals surface area contributed by atoms with Crippen LogP contribution in [0.4, 0.5) is 4.39 Å². The molecule has 1 aromatic heterocycles. The van der Waals surface area contributed by atoms with Gasteiger partial charge in [-0.1, -0.05) is 32.4 Å². The van der Waals surface area contributed by atoms with E-state index in [2.05, 4.69) is 4.98 Å². The summed E-state index contributed by atoms with van der Waals surface area (Å²) in [6.07, 6.45) is 0. The molecule has 112 valence electrons. The Morgan fingerprint density at radius 3 is 2.57 bits per heavy atom. The molecule has 0 N–H and O–H groups in total. The first kappa shape index (κ1) is 15.2. The van der Waals surface area contributed by atoms with Gasteiger partial charge in [-0.05, 0) is 19.1 Å². The van der Waals surface area contributed by atoms with Crippen molar-refractivity contribution in [2.75, 3.05) is 7.11 Å². The maximum Gasteiger partial charge on any atom is 0.376 e. The van der Waals surface area contributed by atoms with E-state index in [9.17, 15) is 9.18 Å². The van der Waals surface area contributed by atoms with Gasteiger partial charge in [0, 0.05) is 5.41 Å². The summed E-state index contributed by atoms with van der Waals surface area (Å²) < 4.78 is 24.2. The third-order valence-electron chi connectivity index (χ3n) is 3.06. The molecule has 2 rings (SSSR count). The number of rotatable bonds is 2. The Bertz CT molecular complexity index is 683. The summed E-state index contributed by atoms with van der Waals surface area (Å²) in [5, 5.41) is 0. The fourth-order valence-electron chi connectivity index (χ4n) is 1.98. The Morgan fingerprint density at radius 2 is 2.00 bits per heavy atom. The van der Waals surface area contributed by atoms with Gasteiger partial charge in [0.1, 0.15) is 11.5 Å². The van der Waals surface area contributed by atoms with Crippen LogP contribution in [0.15, 0.2) is 22.6 Å². The van der Waals surface area contributed by atoms with Crippen LogP contribution in [0.5, 0.6) is 0 Å². The van der Waals surface area contributed by atoms with Crippen molar-refractivity contribution < 1.29 is 18.3 Å². The topological polar surface area (TPSA) is 52.3 Å².